The van der Waals surface area contributed by atoms with Gasteiger partial charge in [-0.25, -0.2) is 0 Å². The van der Waals surface area contributed by atoms with Crippen LogP contribution in [-0.2, 0) is 0 Å². The quantitative estimate of drug-likeness (QED) is 0.892. The molecule has 0 aromatic carbocycles. The molecule has 1 atom stereocenters. The van der Waals surface area contributed by atoms with Crippen LogP contribution in [0.2, 0.25) is 0 Å². The lowest BCUT2D eigenvalue weighted by atomic mass is 10.2. The average Bonchev–Trinajstić information content (AvgIpc) is 2.88. The van der Waals surface area contributed by atoms with Crippen LogP contribution < -0.4 is 10.6 Å². The predicted octanol–water partition coefficient (Wildman–Crippen LogP) is 1.68. The molecule has 1 saturated carbocycles. The van der Waals surface area contributed by atoms with Crippen molar-refractivity contribution in [3.63, 3.8) is 0 Å². The van der Waals surface area contributed by atoms with E-state index in [0.29, 0.717) is 6.04 Å². The molecule has 1 saturated heterocycles. The fraction of sp³-hybridized carbons (Fsp3) is 0.583. The molecule has 3 rings (SSSR count). The zero-order chi connectivity index (χ0) is 11.8. The van der Waals surface area contributed by atoms with Gasteiger partial charge >= 0.3 is 0 Å². The van der Waals surface area contributed by atoms with E-state index in [4.69, 9.17) is 0 Å². The number of nitrogens with zero attached hydrogens (tertiary/aromatic N) is 1. The third kappa shape index (κ3) is 2.40. The molecule has 0 spiro atoms. The number of aromatic nitrogens is 1. The van der Waals surface area contributed by atoms with Crippen LogP contribution in [0.3, 0.4) is 0 Å². The minimum atomic E-state index is 0.0521. The molecule has 0 radical (unpaired) electrons. The van der Waals surface area contributed by atoms with Crippen LogP contribution in [0, 0.1) is 0 Å². The zero-order valence-corrected chi connectivity index (χ0v) is 11.2. The van der Waals surface area contributed by atoms with Gasteiger partial charge in [0.15, 0.2) is 0 Å². The van der Waals surface area contributed by atoms with Gasteiger partial charge in [-0.2, -0.15) is 0 Å². The average molecular weight is 298 g/mol. The zero-order valence-electron chi connectivity index (χ0n) is 9.58. The molecule has 1 amide bonds. The van der Waals surface area contributed by atoms with Crippen molar-refractivity contribution in [3.05, 3.63) is 22.4 Å². The van der Waals surface area contributed by atoms with Gasteiger partial charge in [0.05, 0.1) is 0 Å². The Bertz CT molecular complexity index is 433. The molecule has 0 unspecified atom stereocenters. The van der Waals surface area contributed by atoms with Crippen LogP contribution in [0.1, 0.15) is 35.8 Å². The van der Waals surface area contributed by atoms with Gasteiger partial charge in [0.2, 0.25) is 0 Å². The van der Waals surface area contributed by atoms with E-state index in [1.807, 2.05) is 12.3 Å². The van der Waals surface area contributed by atoms with Crippen molar-refractivity contribution in [1.29, 1.82) is 0 Å². The molecule has 5 heteroatoms. The Labute approximate surface area is 109 Å². The molecular formula is C12H16BrN3O. The second kappa shape index (κ2) is 4.46. The van der Waals surface area contributed by atoms with E-state index < -0.39 is 0 Å². The van der Waals surface area contributed by atoms with Crippen molar-refractivity contribution in [3.8, 4) is 0 Å². The first-order chi connectivity index (χ1) is 8.24. The van der Waals surface area contributed by atoms with Crippen molar-refractivity contribution in [2.45, 2.75) is 31.3 Å². The molecule has 0 bridgehead atoms. The number of rotatable bonds is 3. The normalized spacial score (nSPS) is 23.9. The minimum absolute atomic E-state index is 0.0521. The van der Waals surface area contributed by atoms with Gasteiger partial charge in [0.25, 0.3) is 5.91 Å². The Kier molecular flexibility index (Phi) is 2.96. The lowest BCUT2D eigenvalue weighted by Gasteiger charge is -2.12. The van der Waals surface area contributed by atoms with Crippen LogP contribution in [0.15, 0.2) is 16.7 Å². The molecule has 92 valence electrons. The summed E-state index contributed by atoms with van der Waals surface area (Å²) < 4.78 is 3.08. The Morgan fingerprint density at radius 3 is 2.94 bits per heavy atom. The maximum atomic E-state index is 12.2. The molecule has 1 aromatic heterocycles. The van der Waals surface area contributed by atoms with Crippen LogP contribution in [0.4, 0.5) is 0 Å². The van der Waals surface area contributed by atoms with E-state index in [1.54, 1.807) is 0 Å². The van der Waals surface area contributed by atoms with E-state index in [0.717, 1.165) is 29.7 Å². The second-order valence-electron chi connectivity index (χ2n) is 4.85. The van der Waals surface area contributed by atoms with Gasteiger partial charge in [0, 0.05) is 29.3 Å². The first-order valence-corrected chi connectivity index (χ1v) is 6.92. The second-order valence-corrected chi connectivity index (χ2v) is 5.76. The van der Waals surface area contributed by atoms with Crippen molar-refractivity contribution in [2.24, 2.45) is 0 Å². The molecule has 2 N–H and O–H groups in total. The van der Waals surface area contributed by atoms with Crippen molar-refractivity contribution < 1.29 is 4.79 Å². The van der Waals surface area contributed by atoms with Crippen molar-refractivity contribution in [2.75, 3.05) is 13.1 Å². The summed E-state index contributed by atoms with van der Waals surface area (Å²) in [6, 6.07) is 2.73. The number of carbonyl (C=O) groups excluding carboxylic acids is 1. The fourth-order valence-corrected chi connectivity index (χ4v) is 2.76. The number of hydrogen-bond donors (Lipinski definition) is 2. The molecule has 2 heterocycles. The number of amides is 1. The predicted molar refractivity (Wildman–Crippen MR) is 69.1 cm³/mol. The summed E-state index contributed by atoms with van der Waals surface area (Å²) in [5, 5.41) is 6.34. The lowest BCUT2D eigenvalue weighted by molar-refractivity contribution is 0.0930. The van der Waals surface area contributed by atoms with Crippen molar-refractivity contribution >= 4 is 21.8 Å². The number of carbonyl (C=O) groups is 1. The summed E-state index contributed by atoms with van der Waals surface area (Å²) in [5.41, 5.74) is 0.784. The van der Waals surface area contributed by atoms with Crippen molar-refractivity contribution in [1.82, 2.24) is 15.2 Å². The van der Waals surface area contributed by atoms with Gasteiger partial charge < -0.3 is 15.2 Å². The highest BCUT2D eigenvalue weighted by molar-refractivity contribution is 9.10. The van der Waals surface area contributed by atoms with Crippen LogP contribution >= 0.6 is 15.9 Å². The third-order valence-electron chi connectivity index (χ3n) is 3.38. The Morgan fingerprint density at radius 2 is 2.29 bits per heavy atom. The Balaban J connectivity index is 1.75. The largest absolute Gasteiger partial charge is 0.347 e. The van der Waals surface area contributed by atoms with Crippen LogP contribution in [0.5, 0.6) is 0 Å². The fourth-order valence-electron chi connectivity index (χ4n) is 2.32. The molecule has 1 aliphatic heterocycles. The van der Waals surface area contributed by atoms with Crippen LogP contribution in [0.25, 0.3) is 0 Å². The molecular weight excluding hydrogens is 282 g/mol. The lowest BCUT2D eigenvalue weighted by Crippen LogP contribution is -2.37. The smallest absolute Gasteiger partial charge is 0.268 e. The number of halogens is 1. The number of hydrogen-bond acceptors (Lipinski definition) is 2. The molecule has 2 fully saturated rings. The van der Waals surface area contributed by atoms with Gasteiger partial charge in [-0.1, -0.05) is 0 Å². The van der Waals surface area contributed by atoms with E-state index in [1.165, 1.54) is 12.8 Å². The highest BCUT2D eigenvalue weighted by atomic mass is 79.9. The monoisotopic (exact) mass is 297 g/mol. The molecule has 2 aliphatic rings. The Morgan fingerprint density at radius 1 is 1.47 bits per heavy atom. The van der Waals surface area contributed by atoms with E-state index in [2.05, 4.69) is 31.1 Å². The molecule has 17 heavy (non-hydrogen) atoms. The van der Waals surface area contributed by atoms with E-state index in [-0.39, 0.29) is 11.9 Å². The van der Waals surface area contributed by atoms with Gasteiger partial charge in [-0.15, -0.1) is 0 Å². The molecule has 1 aromatic rings. The summed E-state index contributed by atoms with van der Waals surface area (Å²) >= 11 is 3.45. The summed E-state index contributed by atoms with van der Waals surface area (Å²) in [4.78, 5) is 12.2. The Hall–Kier alpha value is -0.810. The van der Waals surface area contributed by atoms with E-state index >= 15 is 0 Å². The first kappa shape index (κ1) is 11.3. The highest BCUT2D eigenvalue weighted by Crippen LogP contribution is 2.37. The van der Waals surface area contributed by atoms with Gasteiger partial charge in [-0.05, 0) is 47.8 Å². The summed E-state index contributed by atoms with van der Waals surface area (Å²) in [6.45, 7) is 1.88. The first-order valence-electron chi connectivity index (χ1n) is 6.13. The standard InChI is InChI=1S/C12H16BrN3O/c13-8-5-11(16(7-8)10-1-2-10)12(17)15-9-3-4-14-6-9/h5,7,9-10,14H,1-4,6H2,(H,15,17)/t9-/m0/s1. The summed E-state index contributed by atoms with van der Waals surface area (Å²) in [7, 11) is 0. The molecule has 1 aliphatic carbocycles. The maximum Gasteiger partial charge on any atom is 0.268 e. The summed E-state index contributed by atoms with van der Waals surface area (Å²) in [5.74, 6) is 0.0521. The summed E-state index contributed by atoms with van der Waals surface area (Å²) in [6.07, 6.45) is 5.41. The maximum absolute atomic E-state index is 12.2. The SMILES string of the molecule is O=C(N[C@H]1CCNC1)c1cc(Br)cn1C1CC1. The van der Waals surface area contributed by atoms with E-state index in [9.17, 15) is 4.79 Å². The molecule has 4 nitrogen and oxygen atoms in total. The van der Waals surface area contributed by atoms with Crippen LogP contribution in [-0.4, -0.2) is 29.6 Å². The minimum Gasteiger partial charge on any atom is -0.347 e. The topological polar surface area (TPSA) is 46.1 Å². The number of nitrogens with one attached hydrogen (secondary N) is 2. The third-order valence-corrected chi connectivity index (χ3v) is 3.82. The van der Waals surface area contributed by atoms with Gasteiger partial charge in [-0.3, -0.25) is 4.79 Å². The van der Waals surface area contributed by atoms with Gasteiger partial charge in [0.1, 0.15) is 5.69 Å². The highest BCUT2D eigenvalue weighted by Gasteiger charge is 2.28.